The lowest BCUT2D eigenvalue weighted by molar-refractivity contribution is -0.386. The first-order valence-electron chi connectivity index (χ1n) is 7.53. The van der Waals surface area contributed by atoms with Crippen LogP contribution in [0, 0.1) is 10.1 Å². The van der Waals surface area contributed by atoms with E-state index in [0.717, 1.165) is 12.1 Å². The van der Waals surface area contributed by atoms with E-state index in [1.54, 1.807) is 18.2 Å². The summed E-state index contributed by atoms with van der Waals surface area (Å²) in [5, 5.41) is 14.5. The summed E-state index contributed by atoms with van der Waals surface area (Å²) in [7, 11) is 0. The molecule has 1 heterocycles. The molecule has 3 rings (SSSR count). The maximum absolute atomic E-state index is 11.2. The van der Waals surface area contributed by atoms with E-state index < -0.39 is 11.0 Å². The van der Waals surface area contributed by atoms with Crippen molar-refractivity contribution in [1.29, 1.82) is 0 Å². The number of nitro benzene ring substituents is 1. The fraction of sp³-hybridized carbons (Fsp3) is 0.294. The molecule has 0 bridgehead atoms. The van der Waals surface area contributed by atoms with Crippen molar-refractivity contribution in [2.45, 2.75) is 12.2 Å². The normalized spacial score (nSPS) is 19.0. The highest BCUT2D eigenvalue weighted by molar-refractivity contribution is 5.46. The highest BCUT2D eigenvalue weighted by Gasteiger charge is 2.29. The van der Waals surface area contributed by atoms with Crippen molar-refractivity contribution < 1.29 is 14.4 Å². The molecule has 0 aromatic heterocycles. The van der Waals surface area contributed by atoms with E-state index in [2.05, 4.69) is 5.32 Å². The average molecular weight is 314 g/mol. The number of nitrogens with one attached hydrogen (secondary N) is 1. The lowest BCUT2D eigenvalue weighted by Gasteiger charge is -2.31. The highest BCUT2D eigenvalue weighted by atomic mass is 16.6. The van der Waals surface area contributed by atoms with Crippen LogP contribution in [0.15, 0.2) is 54.6 Å². The molecular formula is C17H18N2O4. The fourth-order valence-corrected chi connectivity index (χ4v) is 2.63. The molecule has 6 heteroatoms. The Labute approximate surface area is 134 Å². The Balaban J connectivity index is 1.91. The van der Waals surface area contributed by atoms with Crippen LogP contribution >= 0.6 is 0 Å². The lowest BCUT2D eigenvalue weighted by Crippen LogP contribution is -2.43. The van der Waals surface area contributed by atoms with Crippen LogP contribution in [-0.2, 0) is 4.74 Å². The standard InChI is InChI=1S/C17H18N2O4/c20-19(21)14-8-4-5-9-15(14)23-17(13-6-2-1-3-7-13)16-12-18-10-11-22-16/h1-9,16-18H,10-12H2. The van der Waals surface area contributed by atoms with Gasteiger partial charge in [0.15, 0.2) is 11.9 Å². The summed E-state index contributed by atoms with van der Waals surface area (Å²) in [6.45, 7) is 2.03. The van der Waals surface area contributed by atoms with Crippen LogP contribution in [0.3, 0.4) is 0 Å². The second-order valence-electron chi connectivity index (χ2n) is 5.29. The Hall–Kier alpha value is -2.44. The molecule has 1 fully saturated rings. The molecule has 0 aliphatic carbocycles. The van der Waals surface area contributed by atoms with Crippen molar-refractivity contribution >= 4 is 5.69 Å². The van der Waals surface area contributed by atoms with Gasteiger partial charge in [0.1, 0.15) is 6.10 Å². The maximum atomic E-state index is 11.2. The fourth-order valence-electron chi connectivity index (χ4n) is 2.63. The van der Waals surface area contributed by atoms with E-state index in [1.165, 1.54) is 6.07 Å². The number of hydrogen-bond acceptors (Lipinski definition) is 5. The third-order valence-electron chi connectivity index (χ3n) is 3.74. The minimum Gasteiger partial charge on any atom is -0.476 e. The molecule has 2 aromatic carbocycles. The van der Waals surface area contributed by atoms with Gasteiger partial charge in [0.2, 0.25) is 0 Å². The first kappa shape index (κ1) is 15.5. The summed E-state index contributed by atoms with van der Waals surface area (Å²) in [6, 6.07) is 16.1. The first-order chi connectivity index (χ1) is 11.3. The molecule has 1 aliphatic rings. The Kier molecular flexibility index (Phi) is 4.85. The summed E-state index contributed by atoms with van der Waals surface area (Å²) in [6.07, 6.45) is -0.615. The van der Waals surface area contributed by atoms with Gasteiger partial charge in [0.25, 0.3) is 0 Å². The van der Waals surface area contributed by atoms with Crippen molar-refractivity contribution in [2.24, 2.45) is 0 Å². The van der Waals surface area contributed by atoms with Gasteiger partial charge in [-0.25, -0.2) is 0 Å². The van der Waals surface area contributed by atoms with Crippen LogP contribution in [0.2, 0.25) is 0 Å². The zero-order valence-electron chi connectivity index (χ0n) is 12.6. The van der Waals surface area contributed by atoms with Crippen LogP contribution < -0.4 is 10.1 Å². The molecule has 2 atom stereocenters. The van der Waals surface area contributed by atoms with Gasteiger partial charge in [-0.15, -0.1) is 0 Å². The predicted molar refractivity (Wildman–Crippen MR) is 85.5 cm³/mol. The summed E-state index contributed by atoms with van der Waals surface area (Å²) >= 11 is 0. The second kappa shape index (κ2) is 7.21. The van der Waals surface area contributed by atoms with Crippen LogP contribution in [0.5, 0.6) is 5.75 Å². The van der Waals surface area contributed by atoms with Gasteiger partial charge in [0.05, 0.1) is 11.5 Å². The third-order valence-corrected chi connectivity index (χ3v) is 3.74. The van der Waals surface area contributed by atoms with Gasteiger partial charge in [-0.2, -0.15) is 0 Å². The summed E-state index contributed by atoms with van der Waals surface area (Å²) in [5.41, 5.74) is 0.886. The molecule has 23 heavy (non-hydrogen) atoms. The monoisotopic (exact) mass is 314 g/mol. The Bertz CT molecular complexity index is 657. The summed E-state index contributed by atoms with van der Waals surface area (Å²) < 4.78 is 11.8. The predicted octanol–water partition coefficient (Wildman–Crippen LogP) is 2.70. The smallest absolute Gasteiger partial charge is 0.310 e. The molecular weight excluding hydrogens is 296 g/mol. The van der Waals surface area contributed by atoms with Gasteiger partial charge in [-0.05, 0) is 11.6 Å². The molecule has 0 radical (unpaired) electrons. The zero-order chi connectivity index (χ0) is 16.1. The maximum Gasteiger partial charge on any atom is 0.310 e. The van der Waals surface area contributed by atoms with Gasteiger partial charge in [0, 0.05) is 19.2 Å². The molecule has 2 aromatic rings. The van der Waals surface area contributed by atoms with Crippen molar-refractivity contribution in [3.05, 3.63) is 70.3 Å². The minimum atomic E-state index is -0.433. The SMILES string of the molecule is O=[N+]([O-])c1ccccc1OC(c1ccccc1)C1CNCCO1. The molecule has 2 unspecified atom stereocenters. The van der Waals surface area contributed by atoms with Crippen molar-refractivity contribution in [2.75, 3.05) is 19.7 Å². The zero-order valence-corrected chi connectivity index (χ0v) is 12.6. The van der Waals surface area contributed by atoms with Crippen LogP contribution in [0.1, 0.15) is 11.7 Å². The Morgan fingerprint density at radius 1 is 1.17 bits per heavy atom. The highest BCUT2D eigenvalue weighted by Crippen LogP contribution is 2.33. The minimum absolute atomic E-state index is 0.0443. The topological polar surface area (TPSA) is 73.6 Å². The first-order valence-corrected chi connectivity index (χ1v) is 7.53. The molecule has 0 saturated carbocycles. The van der Waals surface area contributed by atoms with Gasteiger partial charge >= 0.3 is 5.69 Å². The van der Waals surface area contributed by atoms with Crippen molar-refractivity contribution in [3.63, 3.8) is 0 Å². The van der Waals surface area contributed by atoms with Gasteiger partial charge in [-0.3, -0.25) is 10.1 Å². The molecule has 0 amide bonds. The van der Waals surface area contributed by atoms with E-state index in [4.69, 9.17) is 9.47 Å². The molecule has 0 spiro atoms. The largest absolute Gasteiger partial charge is 0.476 e. The summed E-state index contributed by atoms with van der Waals surface area (Å²) in [5.74, 6) is 0.250. The van der Waals surface area contributed by atoms with E-state index in [-0.39, 0.29) is 17.5 Å². The molecule has 1 aliphatic heterocycles. The van der Waals surface area contributed by atoms with E-state index in [9.17, 15) is 10.1 Å². The lowest BCUT2D eigenvalue weighted by atomic mass is 10.0. The average Bonchev–Trinajstić information content (AvgIpc) is 2.61. The number of rotatable bonds is 5. The van der Waals surface area contributed by atoms with Crippen LogP contribution in [0.4, 0.5) is 5.69 Å². The number of ether oxygens (including phenoxy) is 2. The van der Waals surface area contributed by atoms with E-state index >= 15 is 0 Å². The number of nitrogens with zero attached hydrogens (tertiary/aromatic N) is 1. The number of para-hydroxylation sites is 2. The van der Waals surface area contributed by atoms with Crippen molar-refractivity contribution in [1.82, 2.24) is 5.32 Å². The van der Waals surface area contributed by atoms with E-state index in [1.807, 2.05) is 30.3 Å². The number of hydrogen-bond donors (Lipinski definition) is 1. The van der Waals surface area contributed by atoms with Crippen LogP contribution in [0.25, 0.3) is 0 Å². The Morgan fingerprint density at radius 3 is 2.61 bits per heavy atom. The van der Waals surface area contributed by atoms with Crippen molar-refractivity contribution in [3.8, 4) is 5.75 Å². The molecule has 120 valence electrons. The van der Waals surface area contributed by atoms with Gasteiger partial charge < -0.3 is 14.8 Å². The van der Waals surface area contributed by atoms with Gasteiger partial charge in [-0.1, -0.05) is 42.5 Å². The Morgan fingerprint density at radius 2 is 1.91 bits per heavy atom. The number of morpholine rings is 1. The number of benzene rings is 2. The summed E-state index contributed by atoms with van der Waals surface area (Å²) in [4.78, 5) is 10.8. The molecule has 1 saturated heterocycles. The molecule has 6 nitrogen and oxygen atoms in total. The molecule has 1 N–H and O–H groups in total. The quantitative estimate of drug-likeness (QED) is 0.678. The third kappa shape index (κ3) is 3.67. The second-order valence-corrected chi connectivity index (χ2v) is 5.29. The van der Waals surface area contributed by atoms with E-state index in [0.29, 0.717) is 13.2 Å². The van der Waals surface area contributed by atoms with Crippen LogP contribution in [-0.4, -0.2) is 30.7 Å². The number of nitro groups is 1.